The highest BCUT2D eigenvalue weighted by Gasteiger charge is 2.47. The number of thiocarbonyl (C=S) groups is 1. The monoisotopic (exact) mass is 622 g/mol. The van der Waals surface area contributed by atoms with Crippen LogP contribution in [0.1, 0.15) is 51.7 Å². The zero-order valence-corrected chi connectivity index (χ0v) is 26.2. The SMILES string of the molecule is CCOC(=O)C1=C(c2ccccc2)S/C(=C2/C(=S)C(C)(C)N(C(=O)CN3C(=O)CCC3=O)c3ccc(OCC)cc32)S1. The maximum absolute atomic E-state index is 13.9. The molecule has 0 saturated carbocycles. The van der Waals surface area contributed by atoms with Crippen molar-refractivity contribution in [2.45, 2.75) is 46.1 Å². The van der Waals surface area contributed by atoms with E-state index in [1.54, 1.807) is 24.0 Å². The molecule has 5 rings (SSSR count). The molecule has 42 heavy (non-hydrogen) atoms. The number of benzene rings is 2. The second-order valence-electron chi connectivity index (χ2n) is 10.2. The number of hydrogen-bond donors (Lipinski definition) is 0. The Balaban J connectivity index is 1.64. The molecule has 1 fully saturated rings. The Hall–Kier alpha value is -3.41. The topological polar surface area (TPSA) is 93.2 Å². The van der Waals surface area contributed by atoms with Gasteiger partial charge in [0.25, 0.3) is 0 Å². The second-order valence-corrected chi connectivity index (χ2v) is 12.9. The molecule has 3 heterocycles. The first-order valence-electron chi connectivity index (χ1n) is 13.6. The molecule has 0 aromatic heterocycles. The fourth-order valence-electron chi connectivity index (χ4n) is 5.16. The minimum Gasteiger partial charge on any atom is -0.494 e. The first-order chi connectivity index (χ1) is 20.1. The predicted octanol–water partition coefficient (Wildman–Crippen LogP) is 5.81. The lowest BCUT2D eigenvalue weighted by Gasteiger charge is -2.45. The smallest absolute Gasteiger partial charge is 0.346 e. The van der Waals surface area contributed by atoms with Crippen molar-refractivity contribution < 1.29 is 28.7 Å². The Kier molecular flexibility index (Phi) is 8.63. The zero-order chi connectivity index (χ0) is 30.2. The van der Waals surface area contributed by atoms with E-state index < -0.39 is 17.4 Å². The maximum atomic E-state index is 13.9. The molecule has 0 spiro atoms. The van der Waals surface area contributed by atoms with Crippen molar-refractivity contribution in [3.8, 4) is 5.75 Å². The van der Waals surface area contributed by atoms with Crippen LogP contribution in [0, 0.1) is 0 Å². The highest BCUT2D eigenvalue weighted by atomic mass is 32.2. The van der Waals surface area contributed by atoms with Crippen LogP contribution in [0.15, 0.2) is 57.7 Å². The molecule has 11 heteroatoms. The van der Waals surface area contributed by atoms with Gasteiger partial charge in [-0.1, -0.05) is 66.1 Å². The summed E-state index contributed by atoms with van der Waals surface area (Å²) < 4.78 is 12.0. The number of imide groups is 1. The van der Waals surface area contributed by atoms with Gasteiger partial charge in [-0.25, -0.2) is 4.79 Å². The largest absolute Gasteiger partial charge is 0.494 e. The van der Waals surface area contributed by atoms with Crippen molar-refractivity contribution in [1.82, 2.24) is 4.90 Å². The minimum atomic E-state index is -0.999. The number of amides is 3. The molecule has 0 N–H and O–H groups in total. The van der Waals surface area contributed by atoms with Crippen LogP contribution in [0.25, 0.3) is 10.5 Å². The number of likely N-dealkylation sites (tertiary alicyclic amines) is 1. The van der Waals surface area contributed by atoms with Crippen LogP contribution in [-0.2, 0) is 23.9 Å². The van der Waals surface area contributed by atoms with E-state index in [9.17, 15) is 19.2 Å². The van der Waals surface area contributed by atoms with E-state index in [0.29, 0.717) is 33.4 Å². The highest BCUT2D eigenvalue weighted by Crippen LogP contribution is 2.58. The van der Waals surface area contributed by atoms with Crippen LogP contribution >= 0.6 is 35.7 Å². The predicted molar refractivity (Wildman–Crippen MR) is 170 cm³/mol. The maximum Gasteiger partial charge on any atom is 0.346 e. The van der Waals surface area contributed by atoms with Gasteiger partial charge >= 0.3 is 5.97 Å². The number of thioether (sulfide) groups is 2. The highest BCUT2D eigenvalue weighted by molar-refractivity contribution is 8.32. The molecule has 2 aromatic rings. The molecule has 0 atom stereocenters. The average molecular weight is 623 g/mol. The van der Waals surface area contributed by atoms with Gasteiger partial charge in [0.1, 0.15) is 17.2 Å². The van der Waals surface area contributed by atoms with Gasteiger partial charge in [-0.05, 0) is 51.5 Å². The number of carbonyl (C=O) groups is 4. The van der Waals surface area contributed by atoms with Gasteiger partial charge in [0.05, 0.1) is 33.5 Å². The van der Waals surface area contributed by atoms with Gasteiger partial charge in [-0.3, -0.25) is 24.2 Å². The summed E-state index contributed by atoms with van der Waals surface area (Å²) >= 11 is 8.88. The minimum absolute atomic E-state index is 0.104. The summed E-state index contributed by atoms with van der Waals surface area (Å²) in [5, 5.41) is 0. The molecule has 0 unspecified atom stereocenters. The number of hydrogen-bond acceptors (Lipinski definition) is 9. The Labute approximate surface area is 258 Å². The van der Waals surface area contributed by atoms with E-state index in [4.69, 9.17) is 21.7 Å². The van der Waals surface area contributed by atoms with Crippen molar-refractivity contribution in [2.24, 2.45) is 0 Å². The van der Waals surface area contributed by atoms with Crippen molar-refractivity contribution in [3.05, 3.63) is 68.8 Å². The summed E-state index contributed by atoms with van der Waals surface area (Å²) in [5.41, 5.74) is 1.86. The molecular formula is C31H30N2O6S3. The van der Waals surface area contributed by atoms with Gasteiger partial charge in [0.15, 0.2) is 0 Å². The van der Waals surface area contributed by atoms with E-state index in [0.717, 1.165) is 25.2 Å². The number of ether oxygens (including phenoxy) is 2. The average Bonchev–Trinajstić information content (AvgIpc) is 3.54. The van der Waals surface area contributed by atoms with Crippen LogP contribution in [0.4, 0.5) is 5.69 Å². The van der Waals surface area contributed by atoms with Crippen molar-refractivity contribution in [2.75, 3.05) is 24.7 Å². The Morgan fingerprint density at radius 2 is 1.67 bits per heavy atom. The van der Waals surface area contributed by atoms with E-state index in [1.807, 2.05) is 57.2 Å². The van der Waals surface area contributed by atoms with Gasteiger partial charge in [-0.15, -0.1) is 0 Å². The lowest BCUT2D eigenvalue weighted by molar-refractivity contribution is -0.142. The third-order valence-electron chi connectivity index (χ3n) is 7.13. The van der Waals surface area contributed by atoms with Crippen molar-refractivity contribution >= 4 is 80.5 Å². The van der Waals surface area contributed by atoms with Crippen LogP contribution in [-0.4, -0.2) is 58.8 Å². The molecule has 2 aromatic carbocycles. The molecule has 3 aliphatic heterocycles. The zero-order valence-electron chi connectivity index (χ0n) is 23.7. The summed E-state index contributed by atoms with van der Waals surface area (Å²) in [6.07, 6.45) is 0.207. The van der Waals surface area contributed by atoms with E-state index in [2.05, 4.69) is 0 Å². The molecule has 218 valence electrons. The molecule has 3 aliphatic rings. The number of esters is 1. The third kappa shape index (κ3) is 5.41. The van der Waals surface area contributed by atoms with Crippen molar-refractivity contribution in [1.29, 1.82) is 0 Å². The summed E-state index contributed by atoms with van der Waals surface area (Å²) in [4.78, 5) is 56.0. The standard InChI is InChI=1S/C31H30N2O6S3/c1-5-38-19-12-13-21-20(16-19)25(28(40)31(3,4)33(21)24(36)17-32-22(34)14-15-23(32)35)30-41-26(18-10-8-7-9-11-18)27(42-30)29(37)39-6-2/h7-13,16H,5-6,14-15,17H2,1-4H3/b30-25-. The summed E-state index contributed by atoms with van der Waals surface area (Å²) in [6.45, 7) is 7.68. The van der Waals surface area contributed by atoms with Crippen LogP contribution in [0.2, 0.25) is 0 Å². The fourth-order valence-corrected chi connectivity index (χ4v) is 8.29. The van der Waals surface area contributed by atoms with Crippen LogP contribution in [0.3, 0.4) is 0 Å². The molecule has 0 bridgehead atoms. The van der Waals surface area contributed by atoms with Crippen molar-refractivity contribution in [3.63, 3.8) is 0 Å². The molecule has 1 saturated heterocycles. The fraction of sp³-hybridized carbons (Fsp3) is 0.323. The quantitative estimate of drug-likeness (QED) is 0.164. The number of fused-ring (bicyclic) bond motifs is 1. The van der Waals surface area contributed by atoms with Gasteiger partial charge in [0, 0.05) is 28.9 Å². The summed E-state index contributed by atoms with van der Waals surface area (Å²) in [7, 11) is 0. The lowest BCUT2D eigenvalue weighted by atomic mass is 9.83. The first kappa shape index (κ1) is 30.1. The Morgan fingerprint density at radius 3 is 2.31 bits per heavy atom. The normalized spacial score (nSPS) is 19.9. The summed E-state index contributed by atoms with van der Waals surface area (Å²) in [5.74, 6) is -0.938. The third-order valence-corrected chi connectivity index (χ3v) is 10.5. The Morgan fingerprint density at radius 1 is 0.976 bits per heavy atom. The van der Waals surface area contributed by atoms with Gasteiger partial charge in [0.2, 0.25) is 17.7 Å². The van der Waals surface area contributed by atoms with Crippen LogP contribution < -0.4 is 9.64 Å². The molecule has 0 aliphatic carbocycles. The van der Waals surface area contributed by atoms with Gasteiger partial charge in [-0.2, -0.15) is 0 Å². The Bertz CT molecular complexity index is 1550. The molecular weight excluding hydrogens is 593 g/mol. The summed E-state index contributed by atoms with van der Waals surface area (Å²) in [6, 6.07) is 15.1. The number of nitrogens with zero attached hydrogens (tertiary/aromatic N) is 2. The lowest BCUT2D eigenvalue weighted by Crippen LogP contribution is -2.58. The number of anilines is 1. The number of rotatable bonds is 7. The molecule has 0 radical (unpaired) electrons. The molecule has 8 nitrogen and oxygen atoms in total. The number of carbonyl (C=O) groups excluding carboxylic acids is 4. The first-order valence-corrected chi connectivity index (χ1v) is 15.7. The molecule has 3 amide bonds. The van der Waals surface area contributed by atoms with E-state index in [1.165, 1.54) is 23.5 Å². The van der Waals surface area contributed by atoms with E-state index in [-0.39, 0.29) is 37.8 Å². The second kappa shape index (κ2) is 12.1. The van der Waals surface area contributed by atoms with Gasteiger partial charge < -0.3 is 9.47 Å². The van der Waals surface area contributed by atoms with Crippen LogP contribution in [0.5, 0.6) is 5.75 Å². The van der Waals surface area contributed by atoms with E-state index >= 15 is 0 Å².